The first-order valence-corrected chi connectivity index (χ1v) is 7.56. The van der Waals surface area contributed by atoms with Crippen LogP contribution in [0, 0.1) is 17.7 Å². The van der Waals surface area contributed by atoms with Crippen molar-refractivity contribution in [1.82, 2.24) is 0 Å². The smallest absolute Gasteiger partial charge is 0.123 e. The van der Waals surface area contributed by atoms with E-state index in [1.807, 2.05) is 12.1 Å². The molecule has 0 aliphatic heterocycles. The fraction of sp³-hybridized carbons (Fsp3) is 0.200. The summed E-state index contributed by atoms with van der Waals surface area (Å²) in [4.78, 5) is 0. The first kappa shape index (κ1) is 12.6. The van der Waals surface area contributed by atoms with Gasteiger partial charge in [0.2, 0.25) is 0 Å². The Morgan fingerprint density at radius 3 is 1.71 bits per heavy atom. The van der Waals surface area contributed by atoms with E-state index in [1.165, 1.54) is 29.6 Å². The lowest BCUT2D eigenvalue weighted by Gasteiger charge is -2.35. The maximum atomic E-state index is 13.1. The largest absolute Gasteiger partial charge is 0.207 e. The SMILES string of the molecule is Fc1ccc(C2=CC3CCC2C=C3c2ccccc2)cc1. The highest BCUT2D eigenvalue weighted by Crippen LogP contribution is 2.47. The Labute approximate surface area is 124 Å². The minimum absolute atomic E-state index is 0.166. The second kappa shape index (κ2) is 5.00. The Hall–Kier alpha value is -2.15. The summed E-state index contributed by atoms with van der Waals surface area (Å²) in [6, 6.07) is 17.6. The maximum absolute atomic E-state index is 13.1. The molecule has 3 aliphatic carbocycles. The number of halogens is 1. The molecule has 0 saturated carbocycles. The van der Waals surface area contributed by atoms with Crippen LogP contribution in [0.1, 0.15) is 24.0 Å². The van der Waals surface area contributed by atoms with E-state index < -0.39 is 0 Å². The predicted octanol–water partition coefficient (Wildman–Crippen LogP) is 5.33. The number of fused-ring (bicyclic) bond motifs is 1. The van der Waals surface area contributed by atoms with Gasteiger partial charge in [0.05, 0.1) is 0 Å². The molecule has 104 valence electrons. The molecule has 0 radical (unpaired) electrons. The molecular weight excluding hydrogens is 259 g/mol. The second-order valence-electron chi connectivity index (χ2n) is 5.91. The molecule has 2 bridgehead atoms. The molecule has 0 fully saturated rings. The normalized spacial score (nSPS) is 23.7. The molecule has 2 atom stereocenters. The van der Waals surface area contributed by atoms with Gasteiger partial charge in [0.25, 0.3) is 0 Å². The van der Waals surface area contributed by atoms with Crippen molar-refractivity contribution >= 4 is 11.1 Å². The average Bonchev–Trinajstić information content (AvgIpc) is 2.57. The first-order valence-electron chi connectivity index (χ1n) is 7.56. The van der Waals surface area contributed by atoms with Crippen LogP contribution in [0.5, 0.6) is 0 Å². The fourth-order valence-electron chi connectivity index (χ4n) is 3.59. The van der Waals surface area contributed by atoms with Crippen LogP contribution in [0.4, 0.5) is 4.39 Å². The van der Waals surface area contributed by atoms with E-state index in [4.69, 9.17) is 0 Å². The summed E-state index contributed by atoms with van der Waals surface area (Å²) in [5.74, 6) is 0.800. The van der Waals surface area contributed by atoms with Crippen LogP contribution in [-0.4, -0.2) is 0 Å². The van der Waals surface area contributed by atoms with Crippen LogP contribution in [-0.2, 0) is 0 Å². The van der Waals surface area contributed by atoms with Crippen LogP contribution in [0.25, 0.3) is 11.1 Å². The van der Waals surface area contributed by atoms with Gasteiger partial charge in [-0.25, -0.2) is 4.39 Å². The summed E-state index contributed by atoms with van der Waals surface area (Å²) in [5.41, 5.74) is 5.32. The van der Waals surface area contributed by atoms with Crippen LogP contribution in [0.15, 0.2) is 66.7 Å². The van der Waals surface area contributed by atoms with E-state index in [0.29, 0.717) is 11.8 Å². The van der Waals surface area contributed by atoms with Gasteiger partial charge in [0.1, 0.15) is 5.82 Å². The lowest BCUT2D eigenvalue weighted by molar-refractivity contribution is 0.556. The predicted molar refractivity (Wildman–Crippen MR) is 85.0 cm³/mol. The zero-order valence-corrected chi connectivity index (χ0v) is 11.8. The zero-order chi connectivity index (χ0) is 14.2. The van der Waals surface area contributed by atoms with E-state index in [1.54, 1.807) is 12.1 Å². The zero-order valence-electron chi connectivity index (χ0n) is 11.8. The molecule has 2 aromatic carbocycles. The summed E-state index contributed by atoms with van der Waals surface area (Å²) in [6.45, 7) is 0. The molecule has 2 aromatic rings. The minimum Gasteiger partial charge on any atom is -0.207 e. The molecule has 0 amide bonds. The van der Waals surface area contributed by atoms with E-state index in [2.05, 4.69) is 42.5 Å². The van der Waals surface area contributed by atoms with Crippen molar-refractivity contribution in [1.29, 1.82) is 0 Å². The molecular formula is C20H17F. The molecule has 0 spiro atoms. The Morgan fingerprint density at radius 1 is 0.667 bits per heavy atom. The van der Waals surface area contributed by atoms with Gasteiger partial charge < -0.3 is 0 Å². The lowest BCUT2D eigenvalue weighted by atomic mass is 9.69. The molecule has 0 heterocycles. The van der Waals surface area contributed by atoms with Crippen LogP contribution < -0.4 is 0 Å². The molecule has 0 N–H and O–H groups in total. The van der Waals surface area contributed by atoms with E-state index in [0.717, 1.165) is 5.56 Å². The molecule has 0 saturated heterocycles. The average molecular weight is 276 g/mol. The van der Waals surface area contributed by atoms with E-state index in [-0.39, 0.29) is 5.82 Å². The summed E-state index contributed by atoms with van der Waals surface area (Å²) in [5, 5.41) is 0. The van der Waals surface area contributed by atoms with Gasteiger partial charge in [-0.05, 0) is 47.2 Å². The standard InChI is InChI=1S/C20H17F/c21-18-10-8-15(9-11-18)20-13-16-6-7-17(20)12-19(16)14-4-2-1-3-5-14/h1-5,8-13,16-17H,6-7H2. The highest BCUT2D eigenvalue weighted by molar-refractivity contribution is 5.82. The number of hydrogen-bond donors (Lipinski definition) is 0. The molecule has 0 nitrogen and oxygen atoms in total. The van der Waals surface area contributed by atoms with Crippen molar-refractivity contribution in [2.24, 2.45) is 11.8 Å². The Bertz CT molecular complexity index is 707. The van der Waals surface area contributed by atoms with Crippen molar-refractivity contribution in [3.8, 4) is 0 Å². The number of rotatable bonds is 2. The topological polar surface area (TPSA) is 0 Å². The van der Waals surface area contributed by atoms with Crippen molar-refractivity contribution in [2.75, 3.05) is 0 Å². The summed E-state index contributed by atoms with van der Waals surface area (Å²) < 4.78 is 13.1. The Morgan fingerprint density at radius 2 is 1.19 bits per heavy atom. The van der Waals surface area contributed by atoms with Crippen molar-refractivity contribution in [3.05, 3.63) is 83.7 Å². The number of benzene rings is 2. The minimum atomic E-state index is -0.166. The van der Waals surface area contributed by atoms with Gasteiger partial charge in [0.15, 0.2) is 0 Å². The third kappa shape index (κ3) is 2.23. The number of allylic oxidation sites excluding steroid dienone is 4. The Kier molecular flexibility index (Phi) is 2.99. The van der Waals surface area contributed by atoms with Gasteiger partial charge in [-0.3, -0.25) is 0 Å². The molecule has 0 aromatic heterocycles. The highest BCUT2D eigenvalue weighted by Gasteiger charge is 2.30. The summed E-state index contributed by atoms with van der Waals surface area (Å²) in [7, 11) is 0. The van der Waals surface area contributed by atoms with Gasteiger partial charge in [-0.2, -0.15) is 0 Å². The molecule has 5 rings (SSSR count). The monoisotopic (exact) mass is 276 g/mol. The fourth-order valence-corrected chi connectivity index (χ4v) is 3.59. The van der Waals surface area contributed by atoms with Gasteiger partial charge >= 0.3 is 0 Å². The molecule has 2 unspecified atom stereocenters. The van der Waals surface area contributed by atoms with E-state index >= 15 is 0 Å². The van der Waals surface area contributed by atoms with Crippen molar-refractivity contribution in [2.45, 2.75) is 12.8 Å². The quantitative estimate of drug-likeness (QED) is 0.695. The van der Waals surface area contributed by atoms with Crippen LogP contribution in [0.3, 0.4) is 0 Å². The second-order valence-corrected chi connectivity index (χ2v) is 5.91. The van der Waals surface area contributed by atoms with Crippen molar-refractivity contribution in [3.63, 3.8) is 0 Å². The third-order valence-corrected chi connectivity index (χ3v) is 4.63. The lowest BCUT2D eigenvalue weighted by Crippen LogP contribution is -2.20. The summed E-state index contributed by atoms with van der Waals surface area (Å²) in [6.07, 6.45) is 7.23. The number of hydrogen-bond acceptors (Lipinski definition) is 0. The maximum Gasteiger partial charge on any atom is 0.123 e. The van der Waals surface area contributed by atoms with Gasteiger partial charge in [-0.15, -0.1) is 0 Å². The van der Waals surface area contributed by atoms with Crippen LogP contribution >= 0.6 is 0 Å². The molecule has 21 heavy (non-hydrogen) atoms. The molecule has 3 aliphatic rings. The van der Waals surface area contributed by atoms with Gasteiger partial charge in [0, 0.05) is 11.8 Å². The van der Waals surface area contributed by atoms with Gasteiger partial charge in [-0.1, -0.05) is 54.6 Å². The summed E-state index contributed by atoms with van der Waals surface area (Å²) >= 11 is 0. The van der Waals surface area contributed by atoms with Crippen LogP contribution in [0.2, 0.25) is 0 Å². The highest BCUT2D eigenvalue weighted by atomic mass is 19.1. The molecule has 1 heteroatoms. The third-order valence-electron chi connectivity index (χ3n) is 4.63. The van der Waals surface area contributed by atoms with E-state index in [9.17, 15) is 4.39 Å². The van der Waals surface area contributed by atoms with Crippen molar-refractivity contribution < 1.29 is 4.39 Å². The Balaban J connectivity index is 1.69. The first-order chi connectivity index (χ1) is 10.3.